The van der Waals surface area contributed by atoms with Crippen molar-refractivity contribution in [2.75, 3.05) is 11.9 Å². The third-order valence-electron chi connectivity index (χ3n) is 4.14. The number of benzene rings is 2. The molecule has 0 aliphatic carbocycles. The molecule has 0 saturated heterocycles. The standard InChI is InChI=1S/C21H20Cl2N4O2/c1-14-12-25-27(13-14)8-2-7-24-20(28)15-3-5-19(6-4-15)26-21(29)16-9-17(22)11-18(23)10-16/h3-6,9-13H,2,7-8H2,1H3,(H,24,28)(H,26,29). The number of aromatic nitrogens is 2. The molecule has 2 aromatic carbocycles. The highest BCUT2D eigenvalue weighted by Crippen LogP contribution is 2.20. The summed E-state index contributed by atoms with van der Waals surface area (Å²) in [5, 5.41) is 10.6. The molecule has 0 aliphatic heterocycles. The summed E-state index contributed by atoms with van der Waals surface area (Å²) in [5.41, 5.74) is 2.55. The van der Waals surface area contributed by atoms with Gasteiger partial charge in [0.1, 0.15) is 0 Å². The van der Waals surface area contributed by atoms with Gasteiger partial charge in [0.15, 0.2) is 0 Å². The van der Waals surface area contributed by atoms with Crippen molar-refractivity contribution in [1.82, 2.24) is 15.1 Å². The van der Waals surface area contributed by atoms with E-state index in [-0.39, 0.29) is 11.8 Å². The summed E-state index contributed by atoms with van der Waals surface area (Å²) in [6.45, 7) is 3.28. The van der Waals surface area contributed by atoms with Gasteiger partial charge >= 0.3 is 0 Å². The zero-order chi connectivity index (χ0) is 20.8. The molecule has 29 heavy (non-hydrogen) atoms. The van der Waals surface area contributed by atoms with E-state index in [1.165, 1.54) is 12.1 Å². The van der Waals surface area contributed by atoms with E-state index < -0.39 is 0 Å². The molecule has 0 bridgehead atoms. The maximum Gasteiger partial charge on any atom is 0.255 e. The van der Waals surface area contributed by atoms with Crippen molar-refractivity contribution in [1.29, 1.82) is 0 Å². The lowest BCUT2D eigenvalue weighted by Gasteiger charge is -2.08. The van der Waals surface area contributed by atoms with Crippen molar-refractivity contribution < 1.29 is 9.59 Å². The van der Waals surface area contributed by atoms with Crippen LogP contribution in [0.1, 0.15) is 32.7 Å². The van der Waals surface area contributed by atoms with Gasteiger partial charge in [0.05, 0.1) is 6.20 Å². The fourth-order valence-electron chi connectivity index (χ4n) is 2.73. The second-order valence-electron chi connectivity index (χ2n) is 6.58. The first-order chi connectivity index (χ1) is 13.9. The Morgan fingerprint density at radius 3 is 2.31 bits per heavy atom. The molecule has 8 heteroatoms. The molecule has 0 saturated carbocycles. The number of carbonyl (C=O) groups excluding carboxylic acids is 2. The number of aryl methyl sites for hydroxylation is 2. The van der Waals surface area contributed by atoms with Crippen LogP contribution in [-0.4, -0.2) is 28.1 Å². The average Bonchev–Trinajstić information content (AvgIpc) is 3.10. The van der Waals surface area contributed by atoms with Crippen molar-refractivity contribution in [3.05, 3.63) is 81.6 Å². The van der Waals surface area contributed by atoms with E-state index in [0.717, 1.165) is 18.5 Å². The normalized spacial score (nSPS) is 10.6. The Morgan fingerprint density at radius 1 is 1.00 bits per heavy atom. The van der Waals surface area contributed by atoms with Crippen molar-refractivity contribution in [2.24, 2.45) is 0 Å². The number of halogens is 2. The molecule has 3 rings (SSSR count). The molecule has 150 valence electrons. The Bertz CT molecular complexity index is 996. The summed E-state index contributed by atoms with van der Waals surface area (Å²) in [6, 6.07) is 11.3. The molecule has 1 heterocycles. The molecular weight excluding hydrogens is 411 g/mol. The van der Waals surface area contributed by atoms with Gasteiger partial charge in [0, 0.05) is 46.1 Å². The van der Waals surface area contributed by atoms with Crippen LogP contribution in [0.4, 0.5) is 5.69 Å². The van der Waals surface area contributed by atoms with Crippen LogP contribution < -0.4 is 10.6 Å². The summed E-state index contributed by atoms with van der Waals surface area (Å²) in [4.78, 5) is 24.6. The van der Waals surface area contributed by atoms with Crippen LogP contribution in [0.25, 0.3) is 0 Å². The number of amides is 2. The molecule has 0 atom stereocenters. The van der Waals surface area contributed by atoms with Crippen LogP contribution in [0, 0.1) is 6.92 Å². The van der Waals surface area contributed by atoms with Crippen LogP contribution in [0.15, 0.2) is 54.9 Å². The highest BCUT2D eigenvalue weighted by molar-refractivity contribution is 6.35. The zero-order valence-corrected chi connectivity index (χ0v) is 17.3. The maximum atomic E-state index is 12.3. The first-order valence-corrected chi connectivity index (χ1v) is 9.81. The van der Waals surface area contributed by atoms with Gasteiger partial charge in [-0.1, -0.05) is 23.2 Å². The predicted octanol–water partition coefficient (Wildman–Crippen LogP) is 4.57. The van der Waals surface area contributed by atoms with Crippen molar-refractivity contribution >= 4 is 40.7 Å². The Kier molecular flexibility index (Phi) is 6.90. The summed E-state index contributed by atoms with van der Waals surface area (Å²) in [5.74, 6) is -0.499. The number of nitrogens with zero attached hydrogens (tertiary/aromatic N) is 2. The Balaban J connectivity index is 1.49. The van der Waals surface area contributed by atoms with E-state index in [4.69, 9.17) is 23.2 Å². The number of carbonyl (C=O) groups is 2. The molecule has 0 radical (unpaired) electrons. The van der Waals surface area contributed by atoms with Gasteiger partial charge in [-0.15, -0.1) is 0 Å². The summed E-state index contributed by atoms with van der Waals surface area (Å²) < 4.78 is 1.85. The molecule has 0 fully saturated rings. The highest BCUT2D eigenvalue weighted by Gasteiger charge is 2.10. The van der Waals surface area contributed by atoms with E-state index >= 15 is 0 Å². The second kappa shape index (κ2) is 9.58. The monoisotopic (exact) mass is 430 g/mol. The number of rotatable bonds is 7. The fourth-order valence-corrected chi connectivity index (χ4v) is 3.25. The molecule has 6 nitrogen and oxygen atoms in total. The summed E-state index contributed by atoms with van der Waals surface area (Å²) in [7, 11) is 0. The molecule has 0 aliphatic rings. The third-order valence-corrected chi connectivity index (χ3v) is 4.58. The molecular formula is C21H20Cl2N4O2. The first kappa shape index (κ1) is 20.9. The van der Waals surface area contributed by atoms with E-state index in [1.54, 1.807) is 36.5 Å². The van der Waals surface area contributed by atoms with Gasteiger partial charge in [-0.3, -0.25) is 14.3 Å². The van der Waals surface area contributed by atoms with E-state index in [0.29, 0.717) is 33.4 Å². The Morgan fingerprint density at radius 2 is 1.69 bits per heavy atom. The molecule has 3 aromatic rings. The molecule has 2 N–H and O–H groups in total. The van der Waals surface area contributed by atoms with Crippen molar-refractivity contribution in [3.8, 4) is 0 Å². The lowest BCUT2D eigenvalue weighted by atomic mass is 10.1. The third kappa shape index (κ3) is 6.07. The van der Waals surface area contributed by atoms with Gasteiger partial charge in [-0.25, -0.2) is 0 Å². The van der Waals surface area contributed by atoms with Crippen LogP contribution in [-0.2, 0) is 6.54 Å². The smallest absolute Gasteiger partial charge is 0.255 e. The van der Waals surface area contributed by atoms with Crippen LogP contribution in [0.3, 0.4) is 0 Å². The van der Waals surface area contributed by atoms with Gasteiger partial charge in [-0.05, 0) is 61.4 Å². The average molecular weight is 431 g/mol. The maximum absolute atomic E-state index is 12.3. The highest BCUT2D eigenvalue weighted by atomic mass is 35.5. The van der Waals surface area contributed by atoms with Crippen LogP contribution in [0.5, 0.6) is 0 Å². The number of nitrogens with one attached hydrogen (secondary N) is 2. The SMILES string of the molecule is Cc1cnn(CCCNC(=O)c2ccc(NC(=O)c3cc(Cl)cc(Cl)c3)cc2)c1. The summed E-state index contributed by atoms with van der Waals surface area (Å²) in [6.07, 6.45) is 4.55. The minimum Gasteiger partial charge on any atom is -0.352 e. The minimum absolute atomic E-state index is 0.166. The molecule has 1 aromatic heterocycles. The summed E-state index contributed by atoms with van der Waals surface area (Å²) >= 11 is 11.9. The molecule has 0 unspecified atom stereocenters. The number of anilines is 1. The van der Waals surface area contributed by atoms with Crippen molar-refractivity contribution in [2.45, 2.75) is 19.9 Å². The lowest BCUT2D eigenvalue weighted by Crippen LogP contribution is -2.25. The van der Waals surface area contributed by atoms with Crippen LogP contribution >= 0.6 is 23.2 Å². The Hall–Kier alpha value is -2.83. The van der Waals surface area contributed by atoms with Crippen LogP contribution in [0.2, 0.25) is 10.0 Å². The van der Waals surface area contributed by atoms with Gasteiger partial charge in [0.2, 0.25) is 0 Å². The molecule has 2 amide bonds. The lowest BCUT2D eigenvalue weighted by molar-refractivity contribution is 0.0952. The van der Waals surface area contributed by atoms with E-state index in [2.05, 4.69) is 15.7 Å². The first-order valence-electron chi connectivity index (χ1n) is 9.05. The zero-order valence-electron chi connectivity index (χ0n) is 15.8. The predicted molar refractivity (Wildman–Crippen MR) is 115 cm³/mol. The van der Waals surface area contributed by atoms with Gasteiger partial charge in [0.25, 0.3) is 11.8 Å². The Labute approximate surface area is 178 Å². The molecule has 0 spiro atoms. The topological polar surface area (TPSA) is 76.0 Å². The van der Waals surface area contributed by atoms with E-state index in [9.17, 15) is 9.59 Å². The number of hydrogen-bond donors (Lipinski definition) is 2. The van der Waals surface area contributed by atoms with Gasteiger partial charge < -0.3 is 10.6 Å². The van der Waals surface area contributed by atoms with E-state index in [1.807, 2.05) is 17.8 Å². The fraction of sp³-hybridized carbons (Fsp3) is 0.190. The minimum atomic E-state index is -0.333. The number of hydrogen-bond acceptors (Lipinski definition) is 3. The second-order valence-corrected chi connectivity index (χ2v) is 7.45. The van der Waals surface area contributed by atoms with Crippen molar-refractivity contribution in [3.63, 3.8) is 0 Å². The largest absolute Gasteiger partial charge is 0.352 e. The quantitative estimate of drug-likeness (QED) is 0.538. The van der Waals surface area contributed by atoms with Gasteiger partial charge in [-0.2, -0.15) is 5.10 Å².